The zero-order valence-electron chi connectivity index (χ0n) is 11.0. The number of hydrogen-bond donors (Lipinski definition) is 1. The summed E-state index contributed by atoms with van der Waals surface area (Å²) in [6.07, 6.45) is 0. The minimum atomic E-state index is -0.693. The summed E-state index contributed by atoms with van der Waals surface area (Å²) in [5.74, 6) is -1.16. The quantitative estimate of drug-likeness (QED) is 0.634. The van der Waals surface area contributed by atoms with Crippen LogP contribution in [-0.2, 0) is 6.54 Å². The molecule has 0 saturated heterocycles. The van der Waals surface area contributed by atoms with E-state index in [2.05, 4.69) is 21.2 Å². The molecule has 2 aromatic rings. The maximum atomic E-state index is 13.7. The summed E-state index contributed by atoms with van der Waals surface area (Å²) in [5, 5.41) is 13.5. The SMILES string of the molecule is O=C(NCc1ccc(Br)cc1F)c1ccc(Cl)cc1[N+](=O)[O-]. The molecular weight excluding hydrogens is 379 g/mol. The molecule has 0 aliphatic heterocycles. The van der Waals surface area contributed by atoms with Gasteiger partial charge < -0.3 is 5.32 Å². The van der Waals surface area contributed by atoms with Gasteiger partial charge in [0, 0.05) is 27.7 Å². The number of nitro groups is 1. The van der Waals surface area contributed by atoms with E-state index in [-0.39, 0.29) is 22.7 Å². The summed E-state index contributed by atoms with van der Waals surface area (Å²) in [5.41, 5.74) is -0.263. The second-order valence-corrected chi connectivity index (χ2v) is 5.69. The van der Waals surface area contributed by atoms with Gasteiger partial charge >= 0.3 is 0 Å². The van der Waals surface area contributed by atoms with Gasteiger partial charge in [-0.3, -0.25) is 14.9 Å². The third-order valence-corrected chi connectivity index (χ3v) is 3.58. The van der Waals surface area contributed by atoms with Gasteiger partial charge in [0.1, 0.15) is 11.4 Å². The summed E-state index contributed by atoms with van der Waals surface area (Å²) in [7, 11) is 0. The first-order valence-corrected chi connectivity index (χ1v) is 7.21. The van der Waals surface area contributed by atoms with Gasteiger partial charge in [-0.15, -0.1) is 0 Å². The molecule has 0 atom stereocenters. The molecule has 5 nitrogen and oxygen atoms in total. The third kappa shape index (κ3) is 3.80. The molecular formula is C14H9BrClFN2O3. The highest BCUT2D eigenvalue weighted by atomic mass is 79.9. The lowest BCUT2D eigenvalue weighted by Crippen LogP contribution is -2.24. The molecule has 0 spiro atoms. The fourth-order valence-electron chi connectivity index (χ4n) is 1.78. The minimum absolute atomic E-state index is 0.0856. The standard InChI is InChI=1S/C14H9BrClFN2O3/c15-9-2-1-8(12(17)5-9)7-18-14(20)11-4-3-10(16)6-13(11)19(21)22/h1-6H,7H2,(H,18,20). The molecule has 1 N–H and O–H groups in total. The molecule has 114 valence electrons. The summed E-state index contributed by atoms with van der Waals surface area (Å²) >= 11 is 8.81. The predicted molar refractivity (Wildman–Crippen MR) is 83.4 cm³/mol. The molecule has 0 fully saturated rings. The normalized spacial score (nSPS) is 10.3. The van der Waals surface area contributed by atoms with Crippen LogP contribution in [0.4, 0.5) is 10.1 Å². The summed E-state index contributed by atoms with van der Waals surface area (Å²) < 4.78 is 14.2. The van der Waals surface area contributed by atoms with Crippen LogP contribution in [0, 0.1) is 15.9 Å². The molecule has 0 unspecified atom stereocenters. The first kappa shape index (κ1) is 16.4. The molecule has 0 heterocycles. The second kappa shape index (κ2) is 6.85. The number of halogens is 3. The van der Waals surface area contributed by atoms with E-state index < -0.39 is 22.3 Å². The number of carbonyl (C=O) groups excluding carboxylic acids is 1. The molecule has 0 saturated carbocycles. The zero-order chi connectivity index (χ0) is 16.3. The average Bonchev–Trinajstić information content (AvgIpc) is 2.45. The van der Waals surface area contributed by atoms with Crippen molar-refractivity contribution in [1.82, 2.24) is 5.32 Å². The third-order valence-electron chi connectivity index (χ3n) is 2.86. The predicted octanol–water partition coefficient (Wildman–Crippen LogP) is 4.08. The lowest BCUT2D eigenvalue weighted by Gasteiger charge is -2.07. The van der Waals surface area contributed by atoms with Crippen LogP contribution in [0.2, 0.25) is 5.02 Å². The van der Waals surface area contributed by atoms with Crippen LogP contribution < -0.4 is 5.32 Å². The van der Waals surface area contributed by atoms with Crippen LogP contribution >= 0.6 is 27.5 Å². The average molecular weight is 388 g/mol. The van der Waals surface area contributed by atoms with E-state index in [1.54, 1.807) is 6.07 Å². The minimum Gasteiger partial charge on any atom is -0.348 e. The van der Waals surface area contributed by atoms with E-state index in [1.807, 2.05) is 0 Å². The van der Waals surface area contributed by atoms with Gasteiger partial charge in [0.15, 0.2) is 0 Å². The Labute approximate surface area is 138 Å². The van der Waals surface area contributed by atoms with E-state index in [0.29, 0.717) is 4.47 Å². The largest absolute Gasteiger partial charge is 0.348 e. The van der Waals surface area contributed by atoms with E-state index in [0.717, 1.165) is 6.07 Å². The molecule has 0 radical (unpaired) electrons. The van der Waals surface area contributed by atoms with Crippen LogP contribution in [0.15, 0.2) is 40.9 Å². The van der Waals surface area contributed by atoms with Gasteiger partial charge in [-0.2, -0.15) is 0 Å². The Morgan fingerprint density at radius 3 is 2.68 bits per heavy atom. The Hall–Kier alpha value is -1.99. The fourth-order valence-corrected chi connectivity index (χ4v) is 2.28. The van der Waals surface area contributed by atoms with Crippen molar-refractivity contribution in [2.45, 2.75) is 6.54 Å². The smallest absolute Gasteiger partial charge is 0.283 e. The van der Waals surface area contributed by atoms with Crippen LogP contribution in [0.1, 0.15) is 15.9 Å². The highest BCUT2D eigenvalue weighted by Gasteiger charge is 2.20. The number of hydrogen-bond acceptors (Lipinski definition) is 3. The first-order chi connectivity index (χ1) is 10.4. The summed E-state index contributed by atoms with van der Waals surface area (Å²) in [4.78, 5) is 22.3. The van der Waals surface area contributed by atoms with Gasteiger partial charge in [0.05, 0.1) is 4.92 Å². The molecule has 2 aromatic carbocycles. The zero-order valence-corrected chi connectivity index (χ0v) is 13.3. The molecule has 0 bridgehead atoms. The highest BCUT2D eigenvalue weighted by Crippen LogP contribution is 2.23. The monoisotopic (exact) mass is 386 g/mol. The van der Waals surface area contributed by atoms with Crippen molar-refractivity contribution in [3.8, 4) is 0 Å². The molecule has 0 aromatic heterocycles. The van der Waals surface area contributed by atoms with Gasteiger partial charge in [-0.05, 0) is 24.3 Å². The van der Waals surface area contributed by atoms with Gasteiger partial charge in [0.2, 0.25) is 0 Å². The van der Waals surface area contributed by atoms with Gasteiger partial charge in [-0.25, -0.2) is 4.39 Å². The lowest BCUT2D eigenvalue weighted by molar-refractivity contribution is -0.385. The molecule has 0 aliphatic rings. The number of rotatable bonds is 4. The van der Waals surface area contributed by atoms with E-state index in [9.17, 15) is 19.3 Å². The van der Waals surface area contributed by atoms with Crippen LogP contribution in [0.5, 0.6) is 0 Å². The topological polar surface area (TPSA) is 72.2 Å². The Bertz CT molecular complexity index is 755. The maximum absolute atomic E-state index is 13.7. The van der Waals surface area contributed by atoms with E-state index in [4.69, 9.17) is 11.6 Å². The molecule has 22 heavy (non-hydrogen) atoms. The van der Waals surface area contributed by atoms with Crippen LogP contribution in [0.25, 0.3) is 0 Å². The number of amides is 1. The Morgan fingerprint density at radius 1 is 1.32 bits per heavy atom. The number of nitrogens with zero attached hydrogens (tertiary/aromatic N) is 1. The van der Waals surface area contributed by atoms with Crippen molar-refractivity contribution in [2.24, 2.45) is 0 Å². The summed E-state index contributed by atoms with van der Waals surface area (Å²) in [6, 6.07) is 8.14. The number of nitro benzene ring substituents is 1. The van der Waals surface area contributed by atoms with Gasteiger partial charge in [-0.1, -0.05) is 33.6 Å². The Morgan fingerprint density at radius 2 is 2.05 bits per heavy atom. The molecule has 0 aliphatic carbocycles. The molecule has 1 amide bonds. The highest BCUT2D eigenvalue weighted by molar-refractivity contribution is 9.10. The number of nitrogens with one attached hydrogen (secondary N) is 1. The number of carbonyl (C=O) groups is 1. The van der Waals surface area contributed by atoms with Crippen molar-refractivity contribution in [1.29, 1.82) is 0 Å². The van der Waals surface area contributed by atoms with E-state index in [1.165, 1.54) is 24.3 Å². The lowest BCUT2D eigenvalue weighted by atomic mass is 10.1. The maximum Gasteiger partial charge on any atom is 0.283 e. The molecule has 2 rings (SSSR count). The van der Waals surface area contributed by atoms with Crippen molar-refractivity contribution >= 4 is 39.1 Å². The Balaban J connectivity index is 2.18. The number of benzene rings is 2. The second-order valence-electron chi connectivity index (χ2n) is 4.34. The van der Waals surface area contributed by atoms with E-state index >= 15 is 0 Å². The summed E-state index contributed by atoms with van der Waals surface area (Å²) in [6.45, 7) is -0.0856. The van der Waals surface area contributed by atoms with Crippen LogP contribution in [-0.4, -0.2) is 10.8 Å². The fraction of sp³-hybridized carbons (Fsp3) is 0.0714. The van der Waals surface area contributed by atoms with Crippen molar-refractivity contribution < 1.29 is 14.1 Å². The van der Waals surface area contributed by atoms with Crippen LogP contribution in [0.3, 0.4) is 0 Å². The van der Waals surface area contributed by atoms with Crippen molar-refractivity contribution in [3.05, 3.63) is 73.0 Å². The van der Waals surface area contributed by atoms with Crippen molar-refractivity contribution in [2.75, 3.05) is 0 Å². The molecule has 8 heteroatoms. The van der Waals surface area contributed by atoms with Crippen molar-refractivity contribution in [3.63, 3.8) is 0 Å². The first-order valence-electron chi connectivity index (χ1n) is 6.04. The Kier molecular flexibility index (Phi) is 5.10. The van der Waals surface area contributed by atoms with Gasteiger partial charge in [0.25, 0.3) is 11.6 Å².